The second-order valence-electron chi connectivity index (χ2n) is 5.36. The number of ether oxygens (including phenoxy) is 1. The van der Waals surface area contributed by atoms with Gasteiger partial charge in [0.05, 0.1) is 0 Å². The van der Waals surface area contributed by atoms with Crippen molar-refractivity contribution in [2.24, 2.45) is 0 Å². The molecule has 1 aromatic heterocycles. The van der Waals surface area contributed by atoms with Crippen LogP contribution >= 0.6 is 0 Å². The minimum atomic E-state index is -0.794. The Kier molecular flexibility index (Phi) is 4.47. The molecule has 0 saturated heterocycles. The molecule has 1 N–H and O–H groups in total. The molecular weight excluding hydrogens is 258 g/mol. The molecular formula is C15H21NO4. The summed E-state index contributed by atoms with van der Waals surface area (Å²) in [4.78, 5) is 23.9. The van der Waals surface area contributed by atoms with E-state index in [9.17, 15) is 9.59 Å². The average molecular weight is 279 g/mol. The van der Waals surface area contributed by atoms with Gasteiger partial charge >= 0.3 is 5.97 Å². The molecule has 0 spiro atoms. The van der Waals surface area contributed by atoms with E-state index in [0.29, 0.717) is 17.1 Å². The molecule has 5 nitrogen and oxygen atoms in total. The monoisotopic (exact) mass is 279 g/mol. The molecule has 1 aromatic rings. The molecule has 1 fully saturated rings. The fraction of sp³-hybridized carbons (Fsp3) is 0.600. The Bertz CT molecular complexity index is 500. The van der Waals surface area contributed by atoms with Gasteiger partial charge in [0.25, 0.3) is 5.91 Å². The third-order valence-corrected chi connectivity index (χ3v) is 3.62. The topological polar surface area (TPSA) is 68.5 Å². The third kappa shape index (κ3) is 3.40. The van der Waals surface area contributed by atoms with Gasteiger partial charge in [-0.25, -0.2) is 4.79 Å². The van der Waals surface area contributed by atoms with Crippen molar-refractivity contribution >= 4 is 11.9 Å². The van der Waals surface area contributed by atoms with Crippen molar-refractivity contribution in [1.82, 2.24) is 5.32 Å². The van der Waals surface area contributed by atoms with Gasteiger partial charge in [0.2, 0.25) is 0 Å². The summed E-state index contributed by atoms with van der Waals surface area (Å²) in [6, 6.07) is 1.85. The Morgan fingerprint density at radius 1 is 1.35 bits per heavy atom. The standard InChI is InChI=1S/C15H21NO4/c1-9-8-13(10(2)19-9)15(18)20-11(3)14(17)16-12-6-4-5-7-12/h8,11-12H,4-7H2,1-3H3,(H,16,17)/t11-/m1/s1. The van der Waals surface area contributed by atoms with Crippen LogP contribution in [0.15, 0.2) is 10.5 Å². The number of hydrogen-bond donors (Lipinski definition) is 1. The number of nitrogens with one attached hydrogen (secondary N) is 1. The summed E-state index contributed by atoms with van der Waals surface area (Å²) < 4.78 is 10.5. The molecule has 1 aliphatic carbocycles. The maximum atomic E-state index is 12.0. The Morgan fingerprint density at radius 3 is 2.55 bits per heavy atom. The summed E-state index contributed by atoms with van der Waals surface area (Å²) in [6.07, 6.45) is 3.51. The van der Waals surface area contributed by atoms with Gasteiger partial charge in [0.1, 0.15) is 17.1 Å². The Labute approximate surface area is 118 Å². The van der Waals surface area contributed by atoms with E-state index in [4.69, 9.17) is 9.15 Å². The molecule has 1 aliphatic rings. The van der Waals surface area contributed by atoms with Crippen LogP contribution in [0.3, 0.4) is 0 Å². The fourth-order valence-corrected chi connectivity index (χ4v) is 2.50. The van der Waals surface area contributed by atoms with Crippen molar-refractivity contribution in [3.63, 3.8) is 0 Å². The van der Waals surface area contributed by atoms with E-state index in [1.807, 2.05) is 0 Å². The maximum Gasteiger partial charge on any atom is 0.342 e. The van der Waals surface area contributed by atoms with Gasteiger partial charge in [-0.15, -0.1) is 0 Å². The molecule has 0 aromatic carbocycles. The first-order valence-corrected chi connectivity index (χ1v) is 7.05. The van der Waals surface area contributed by atoms with Crippen LogP contribution < -0.4 is 5.32 Å². The second-order valence-corrected chi connectivity index (χ2v) is 5.36. The summed E-state index contributed by atoms with van der Waals surface area (Å²) in [5, 5.41) is 2.92. The zero-order chi connectivity index (χ0) is 14.7. The second kappa shape index (κ2) is 6.11. The van der Waals surface area contributed by atoms with Crippen molar-refractivity contribution in [2.45, 2.75) is 58.6 Å². The maximum absolute atomic E-state index is 12.0. The van der Waals surface area contributed by atoms with Gasteiger partial charge in [0, 0.05) is 6.04 Å². The van der Waals surface area contributed by atoms with Gasteiger partial charge in [-0.1, -0.05) is 12.8 Å². The minimum Gasteiger partial charge on any atom is -0.466 e. The minimum absolute atomic E-state index is 0.224. The van der Waals surface area contributed by atoms with Gasteiger partial charge < -0.3 is 14.5 Å². The normalized spacial score (nSPS) is 16.9. The first kappa shape index (κ1) is 14.6. The lowest BCUT2D eigenvalue weighted by atomic mass is 10.2. The number of hydrogen-bond acceptors (Lipinski definition) is 4. The highest BCUT2D eigenvalue weighted by molar-refractivity contribution is 5.93. The van der Waals surface area contributed by atoms with Crippen LogP contribution in [0, 0.1) is 13.8 Å². The van der Waals surface area contributed by atoms with Gasteiger partial charge in [0.15, 0.2) is 6.10 Å². The lowest BCUT2D eigenvalue weighted by molar-refractivity contribution is -0.129. The molecule has 0 bridgehead atoms. The first-order chi connectivity index (χ1) is 9.47. The highest BCUT2D eigenvalue weighted by Gasteiger charge is 2.24. The fourth-order valence-electron chi connectivity index (χ4n) is 2.50. The summed E-state index contributed by atoms with van der Waals surface area (Å²) in [6.45, 7) is 5.05. The van der Waals surface area contributed by atoms with E-state index >= 15 is 0 Å². The zero-order valence-corrected chi connectivity index (χ0v) is 12.2. The lowest BCUT2D eigenvalue weighted by Gasteiger charge is -2.16. The third-order valence-electron chi connectivity index (χ3n) is 3.62. The van der Waals surface area contributed by atoms with Crippen LogP contribution in [0.5, 0.6) is 0 Å². The predicted molar refractivity (Wildman–Crippen MR) is 73.5 cm³/mol. The van der Waals surface area contributed by atoms with E-state index in [2.05, 4.69) is 5.32 Å². The van der Waals surface area contributed by atoms with Crippen LogP contribution in [0.25, 0.3) is 0 Å². The van der Waals surface area contributed by atoms with Crippen LogP contribution in [-0.4, -0.2) is 24.0 Å². The van der Waals surface area contributed by atoms with Crippen LogP contribution in [0.4, 0.5) is 0 Å². The molecule has 110 valence electrons. The van der Waals surface area contributed by atoms with Gasteiger partial charge in [-0.3, -0.25) is 4.79 Å². The quantitative estimate of drug-likeness (QED) is 0.860. The van der Waals surface area contributed by atoms with E-state index in [-0.39, 0.29) is 11.9 Å². The smallest absolute Gasteiger partial charge is 0.342 e. The highest BCUT2D eigenvalue weighted by atomic mass is 16.5. The van der Waals surface area contributed by atoms with E-state index < -0.39 is 12.1 Å². The molecule has 1 heterocycles. The molecule has 0 aliphatic heterocycles. The largest absolute Gasteiger partial charge is 0.466 e. The predicted octanol–water partition coefficient (Wildman–Crippen LogP) is 2.50. The summed E-state index contributed by atoms with van der Waals surface area (Å²) in [5.74, 6) is 0.407. The number of amides is 1. The van der Waals surface area contributed by atoms with Crippen molar-refractivity contribution in [1.29, 1.82) is 0 Å². The van der Waals surface area contributed by atoms with Crippen LogP contribution in [0.2, 0.25) is 0 Å². The Hall–Kier alpha value is -1.78. The van der Waals surface area contributed by atoms with Crippen molar-refractivity contribution in [2.75, 3.05) is 0 Å². The summed E-state index contributed by atoms with van der Waals surface area (Å²) in [7, 11) is 0. The van der Waals surface area contributed by atoms with E-state index in [0.717, 1.165) is 25.7 Å². The Morgan fingerprint density at radius 2 is 2.00 bits per heavy atom. The summed E-state index contributed by atoms with van der Waals surface area (Å²) >= 11 is 0. The molecule has 5 heteroatoms. The number of esters is 1. The van der Waals surface area contributed by atoms with Crippen molar-refractivity contribution < 1.29 is 18.7 Å². The molecule has 0 unspecified atom stereocenters. The molecule has 0 radical (unpaired) electrons. The van der Waals surface area contributed by atoms with Crippen molar-refractivity contribution in [3.8, 4) is 0 Å². The van der Waals surface area contributed by atoms with E-state index in [1.165, 1.54) is 0 Å². The van der Waals surface area contributed by atoms with Crippen LogP contribution in [0.1, 0.15) is 54.5 Å². The molecule has 2 rings (SSSR count). The lowest BCUT2D eigenvalue weighted by Crippen LogP contribution is -2.40. The number of furan rings is 1. The molecule has 1 atom stereocenters. The summed E-state index contributed by atoms with van der Waals surface area (Å²) in [5.41, 5.74) is 0.378. The first-order valence-electron chi connectivity index (χ1n) is 7.05. The highest BCUT2D eigenvalue weighted by Crippen LogP contribution is 2.18. The van der Waals surface area contributed by atoms with Gasteiger partial charge in [-0.05, 0) is 39.7 Å². The molecule has 20 heavy (non-hydrogen) atoms. The Balaban J connectivity index is 1.89. The zero-order valence-electron chi connectivity index (χ0n) is 12.2. The average Bonchev–Trinajstić information content (AvgIpc) is 2.98. The number of aryl methyl sites for hydroxylation is 2. The van der Waals surface area contributed by atoms with Crippen molar-refractivity contribution in [3.05, 3.63) is 23.2 Å². The molecule has 1 saturated carbocycles. The van der Waals surface area contributed by atoms with E-state index in [1.54, 1.807) is 26.8 Å². The molecule has 1 amide bonds. The number of carbonyl (C=O) groups excluding carboxylic acids is 2. The SMILES string of the molecule is Cc1cc(C(=O)O[C@H](C)C(=O)NC2CCCC2)c(C)o1. The number of rotatable bonds is 4. The number of carbonyl (C=O) groups is 2. The van der Waals surface area contributed by atoms with Gasteiger partial charge in [-0.2, -0.15) is 0 Å². The van der Waals surface area contributed by atoms with Crippen LogP contribution in [-0.2, 0) is 9.53 Å².